The van der Waals surface area contributed by atoms with Crippen LogP contribution in [0.25, 0.3) is 0 Å². The van der Waals surface area contributed by atoms with Gasteiger partial charge < -0.3 is 5.32 Å². The molecule has 3 rings (SSSR count). The number of aliphatic imine (C=N–C) groups is 1. The van der Waals surface area contributed by atoms with Crippen LogP contribution < -0.4 is 5.32 Å². The highest BCUT2D eigenvalue weighted by Gasteiger charge is 2.35. The van der Waals surface area contributed by atoms with Crippen LogP contribution in [0.5, 0.6) is 0 Å². The number of carbonyl (C=O) groups excluding carboxylic acids is 3. The number of imide groups is 1. The monoisotopic (exact) mass is 324 g/mol. The van der Waals surface area contributed by atoms with Crippen molar-refractivity contribution in [1.82, 2.24) is 9.88 Å². The highest BCUT2D eigenvalue weighted by molar-refractivity contribution is 6.21. The second-order valence-electron chi connectivity index (χ2n) is 5.42. The molecular weight excluding hydrogens is 308 g/mol. The average molecular weight is 324 g/mol. The molecule has 0 aromatic carbocycles. The molecule has 4 amide bonds. The van der Waals surface area contributed by atoms with Crippen LogP contribution in [0.3, 0.4) is 0 Å². The first kappa shape index (κ1) is 15.8. The first-order chi connectivity index (χ1) is 11.6. The number of fused-ring (bicyclic) bond motifs is 1. The number of pyridine rings is 1. The highest BCUT2D eigenvalue weighted by atomic mass is 16.2. The van der Waals surface area contributed by atoms with Gasteiger partial charge in [-0.1, -0.05) is 18.2 Å². The first-order valence-corrected chi connectivity index (χ1v) is 7.64. The summed E-state index contributed by atoms with van der Waals surface area (Å²) in [5, 5.41) is 2.71. The summed E-state index contributed by atoms with van der Waals surface area (Å²) < 4.78 is 0. The maximum Gasteiger partial charge on any atom is 0.350 e. The third-order valence-corrected chi connectivity index (χ3v) is 3.72. The lowest BCUT2D eigenvalue weighted by Gasteiger charge is -2.28. The second kappa shape index (κ2) is 6.99. The molecule has 1 unspecified atom stereocenters. The van der Waals surface area contributed by atoms with Gasteiger partial charge >= 0.3 is 6.03 Å². The van der Waals surface area contributed by atoms with Gasteiger partial charge in [0.05, 0.1) is 23.5 Å². The van der Waals surface area contributed by atoms with Crippen molar-refractivity contribution in [2.24, 2.45) is 10.9 Å². The summed E-state index contributed by atoms with van der Waals surface area (Å²) in [6.45, 7) is 0.170. The van der Waals surface area contributed by atoms with Gasteiger partial charge in [-0.05, 0) is 24.6 Å². The van der Waals surface area contributed by atoms with Crippen LogP contribution in [0.1, 0.15) is 12.8 Å². The average Bonchev–Trinajstić information content (AvgIpc) is 2.59. The van der Waals surface area contributed by atoms with Crippen molar-refractivity contribution in [3.63, 3.8) is 0 Å². The summed E-state index contributed by atoms with van der Waals surface area (Å²) in [5.74, 6) is -0.986. The molecule has 1 aliphatic heterocycles. The van der Waals surface area contributed by atoms with E-state index in [1.54, 1.807) is 48.8 Å². The number of hydrogen-bond donors (Lipinski definition) is 1. The molecule has 0 bridgehead atoms. The highest BCUT2D eigenvalue weighted by Crippen LogP contribution is 2.20. The van der Waals surface area contributed by atoms with Gasteiger partial charge in [0.2, 0.25) is 11.8 Å². The van der Waals surface area contributed by atoms with Gasteiger partial charge in [0, 0.05) is 19.2 Å². The van der Waals surface area contributed by atoms with Crippen molar-refractivity contribution in [2.45, 2.75) is 12.8 Å². The smallest absolute Gasteiger partial charge is 0.325 e. The molecule has 7 nitrogen and oxygen atoms in total. The maximum atomic E-state index is 12.4. The Bertz CT molecular complexity index is 752. The van der Waals surface area contributed by atoms with Crippen molar-refractivity contribution in [3.8, 4) is 0 Å². The number of aromatic nitrogens is 1. The number of nitrogens with one attached hydrogen (secondary N) is 1. The molecular formula is C17H16N4O3. The minimum Gasteiger partial charge on any atom is -0.325 e. The summed E-state index contributed by atoms with van der Waals surface area (Å²) >= 11 is 0. The molecule has 1 aromatic heterocycles. The summed E-state index contributed by atoms with van der Waals surface area (Å²) in [6, 6.07) is 2.89. The number of nitrogens with zero attached hydrogens (tertiary/aromatic N) is 3. The first-order valence-electron chi connectivity index (χ1n) is 7.64. The van der Waals surface area contributed by atoms with E-state index in [-0.39, 0.29) is 24.8 Å². The van der Waals surface area contributed by atoms with E-state index in [0.29, 0.717) is 17.8 Å². The van der Waals surface area contributed by atoms with Crippen LogP contribution in [0.4, 0.5) is 10.5 Å². The summed E-state index contributed by atoms with van der Waals surface area (Å²) in [7, 11) is 0. The molecule has 0 spiro atoms. The normalized spacial score (nSPS) is 19.1. The number of allylic oxidation sites excluding steroid dienone is 3. The van der Waals surface area contributed by atoms with Crippen molar-refractivity contribution < 1.29 is 14.4 Å². The molecule has 2 heterocycles. The van der Waals surface area contributed by atoms with E-state index in [1.165, 1.54) is 0 Å². The van der Waals surface area contributed by atoms with E-state index in [0.717, 1.165) is 4.90 Å². The fourth-order valence-electron chi connectivity index (χ4n) is 2.54. The van der Waals surface area contributed by atoms with Gasteiger partial charge in [-0.25, -0.2) is 4.79 Å². The van der Waals surface area contributed by atoms with Gasteiger partial charge in [-0.2, -0.15) is 4.99 Å². The van der Waals surface area contributed by atoms with E-state index in [4.69, 9.17) is 0 Å². The summed E-state index contributed by atoms with van der Waals surface area (Å²) in [6.07, 6.45) is 10.6. The summed E-state index contributed by atoms with van der Waals surface area (Å²) in [5.41, 5.74) is 1.08. The lowest BCUT2D eigenvalue weighted by atomic mass is 9.95. The number of amides is 4. The van der Waals surface area contributed by atoms with E-state index < -0.39 is 11.9 Å². The van der Waals surface area contributed by atoms with Gasteiger partial charge in [0.25, 0.3) is 0 Å². The number of anilines is 1. The minimum absolute atomic E-state index is 0.170. The van der Waals surface area contributed by atoms with Crippen LogP contribution in [0, 0.1) is 5.92 Å². The Balaban J connectivity index is 1.53. The predicted molar refractivity (Wildman–Crippen MR) is 88.4 cm³/mol. The minimum atomic E-state index is -0.570. The zero-order chi connectivity index (χ0) is 16.9. The number of carbonyl (C=O) groups is 3. The Labute approximate surface area is 138 Å². The number of urea groups is 1. The Morgan fingerprint density at radius 3 is 2.96 bits per heavy atom. The van der Waals surface area contributed by atoms with Crippen molar-refractivity contribution >= 4 is 29.2 Å². The van der Waals surface area contributed by atoms with Crippen LogP contribution in [-0.4, -0.2) is 40.0 Å². The number of rotatable bonds is 5. The van der Waals surface area contributed by atoms with Crippen LogP contribution in [0.2, 0.25) is 0 Å². The molecule has 0 fully saturated rings. The van der Waals surface area contributed by atoms with E-state index in [9.17, 15) is 14.4 Å². The molecule has 1 atom stereocenters. The number of hydrogen-bond acceptors (Lipinski definition) is 4. The molecule has 2 aliphatic rings. The van der Waals surface area contributed by atoms with Gasteiger partial charge in [0.15, 0.2) is 0 Å². The summed E-state index contributed by atoms with van der Waals surface area (Å²) in [4.78, 5) is 45.2. The van der Waals surface area contributed by atoms with E-state index >= 15 is 0 Å². The van der Waals surface area contributed by atoms with Crippen LogP contribution in [0.15, 0.2) is 53.8 Å². The maximum absolute atomic E-state index is 12.4. The van der Waals surface area contributed by atoms with Gasteiger partial charge in [-0.15, -0.1) is 0 Å². The topological polar surface area (TPSA) is 91.7 Å². The van der Waals surface area contributed by atoms with Gasteiger partial charge in [0.1, 0.15) is 0 Å². The van der Waals surface area contributed by atoms with E-state index in [2.05, 4.69) is 15.3 Å². The Morgan fingerprint density at radius 2 is 2.17 bits per heavy atom. The Morgan fingerprint density at radius 1 is 1.29 bits per heavy atom. The molecule has 0 saturated carbocycles. The van der Waals surface area contributed by atoms with Crippen molar-refractivity contribution in [3.05, 3.63) is 48.8 Å². The molecule has 7 heteroatoms. The molecule has 0 radical (unpaired) electrons. The van der Waals surface area contributed by atoms with Crippen LogP contribution >= 0.6 is 0 Å². The molecule has 24 heavy (non-hydrogen) atoms. The second-order valence-corrected chi connectivity index (χ2v) is 5.42. The zero-order valence-corrected chi connectivity index (χ0v) is 12.9. The predicted octanol–water partition coefficient (Wildman–Crippen LogP) is 1.95. The Hall–Kier alpha value is -3.09. The standard InChI is InChI=1S/C17H16N4O3/c22-15(19-12-5-3-9-18-11-12)8-4-10-21-16(23)13-6-1-2-7-14(13)20-17(21)24/h1-3,5-7,9,11,13H,4,8,10H2,(H,19,22). The molecule has 1 aliphatic carbocycles. The SMILES string of the molecule is O=C(CCCN1C(=O)N=C2C=CC=CC2C1=O)Nc1cccnc1. The quantitative estimate of drug-likeness (QED) is 0.896. The molecule has 0 saturated heterocycles. The third kappa shape index (κ3) is 3.45. The van der Waals surface area contributed by atoms with E-state index in [1.807, 2.05) is 0 Å². The fraction of sp³-hybridized carbons (Fsp3) is 0.235. The Kier molecular flexibility index (Phi) is 4.60. The van der Waals surface area contributed by atoms with Crippen molar-refractivity contribution in [1.29, 1.82) is 0 Å². The largest absolute Gasteiger partial charge is 0.350 e. The lowest BCUT2D eigenvalue weighted by molar-refractivity contribution is -0.129. The zero-order valence-electron chi connectivity index (χ0n) is 12.9. The lowest BCUT2D eigenvalue weighted by Crippen LogP contribution is -2.46. The molecule has 1 aromatic rings. The van der Waals surface area contributed by atoms with Crippen LogP contribution in [-0.2, 0) is 9.59 Å². The van der Waals surface area contributed by atoms with Crippen molar-refractivity contribution in [2.75, 3.05) is 11.9 Å². The molecule has 122 valence electrons. The molecule has 1 N–H and O–H groups in total. The van der Waals surface area contributed by atoms with Gasteiger partial charge in [-0.3, -0.25) is 19.5 Å². The fourth-order valence-corrected chi connectivity index (χ4v) is 2.54. The third-order valence-electron chi connectivity index (χ3n) is 3.72.